The summed E-state index contributed by atoms with van der Waals surface area (Å²) in [5.74, 6) is 0. The van der Waals surface area contributed by atoms with Gasteiger partial charge < -0.3 is 0 Å². The van der Waals surface area contributed by atoms with Gasteiger partial charge in [0.25, 0.3) is 0 Å². The molecule has 7 heteroatoms. The molecule has 0 spiro atoms. The topological polar surface area (TPSA) is 74.6 Å². The molecule has 4 nitrogen and oxygen atoms in total. The number of rotatable bonds is 0. The van der Waals surface area contributed by atoms with E-state index in [-0.39, 0.29) is 68.7 Å². The first kappa shape index (κ1) is 16.0. The third-order valence-electron chi connectivity index (χ3n) is 0. The van der Waals surface area contributed by atoms with Crippen molar-refractivity contribution >= 4 is 79.1 Å². The van der Waals surface area contributed by atoms with E-state index >= 15 is 0 Å². The van der Waals surface area contributed by atoms with Gasteiger partial charge in [0.2, 0.25) is 0 Å². The Labute approximate surface area is 94.8 Å². The molecule has 0 aromatic carbocycles. The largest absolute Gasteiger partial charge is 0.394 e. The van der Waals surface area contributed by atoms with E-state index in [4.69, 9.17) is 17.5 Å². The van der Waals surface area contributed by atoms with E-state index in [0.717, 1.165) is 0 Å². The van der Waals surface area contributed by atoms with Gasteiger partial charge in [-0.15, -0.1) is 0 Å². The molecule has 0 aliphatic heterocycles. The van der Waals surface area contributed by atoms with Gasteiger partial charge in [0.15, 0.2) is 0 Å². The van der Waals surface area contributed by atoms with Gasteiger partial charge in [-0.3, -0.25) is 9.11 Å². The maximum atomic E-state index is 8.74. The van der Waals surface area contributed by atoms with Crippen molar-refractivity contribution in [3.63, 3.8) is 0 Å². The van der Waals surface area contributed by atoms with Crippen LogP contribution in [-0.4, -0.2) is 86.3 Å². The zero-order chi connectivity index (χ0) is 4.50. The Balaban J connectivity index is -0.0000000800. The Hall–Kier alpha value is 2.04. The maximum Gasteiger partial charge on any atom is 0.394 e. The van der Waals surface area contributed by atoms with Crippen LogP contribution in [0.1, 0.15) is 0 Å². The number of hydrogen-bond acceptors (Lipinski definition) is 2. The van der Waals surface area contributed by atoms with Crippen LogP contribution in [-0.2, 0) is 10.4 Å². The van der Waals surface area contributed by atoms with Gasteiger partial charge in [0.05, 0.1) is 0 Å². The van der Waals surface area contributed by atoms with Crippen LogP contribution in [0.4, 0.5) is 0 Å². The molecular weight excluding hydrogens is 162 g/mol. The molecule has 0 unspecified atom stereocenters. The molecule has 0 amide bonds. The molecule has 0 bridgehead atoms. The summed E-state index contributed by atoms with van der Waals surface area (Å²) in [5, 5.41) is 0. The minimum absolute atomic E-state index is 0. The van der Waals surface area contributed by atoms with Crippen molar-refractivity contribution in [1.82, 2.24) is 0 Å². The average Bonchev–Trinajstić information content (AvgIpc) is 0.722. The Morgan fingerprint density at radius 2 is 1.14 bits per heavy atom. The summed E-state index contributed by atoms with van der Waals surface area (Å²) in [7, 11) is -4.67. The van der Waals surface area contributed by atoms with Crippen molar-refractivity contribution in [1.29, 1.82) is 0 Å². The van der Waals surface area contributed by atoms with Gasteiger partial charge in [-0.1, -0.05) is 0 Å². The molecule has 7 heavy (non-hydrogen) atoms. The summed E-state index contributed by atoms with van der Waals surface area (Å²) < 4.78 is 31.6. The Kier molecular flexibility index (Phi) is 14.1. The molecule has 0 saturated heterocycles. The van der Waals surface area contributed by atoms with E-state index < -0.39 is 10.4 Å². The minimum atomic E-state index is -4.67. The van der Waals surface area contributed by atoms with Crippen LogP contribution < -0.4 is 0 Å². The Morgan fingerprint density at radius 3 is 1.14 bits per heavy atom. The zero-order valence-corrected chi connectivity index (χ0v) is 8.79. The summed E-state index contributed by atoms with van der Waals surface area (Å²) >= 11 is 0. The standard InChI is InChI=1S/Al.K.H2O4S/c;;1-5(2,3)4/h;;(H2,1,2,3,4). The third-order valence-corrected chi connectivity index (χ3v) is 0. The van der Waals surface area contributed by atoms with E-state index in [0.29, 0.717) is 0 Å². The fourth-order valence-corrected chi connectivity index (χ4v) is 0. The SMILES string of the molecule is O=S(=O)(O)O.[Al].[K]. The summed E-state index contributed by atoms with van der Waals surface area (Å²) in [5.41, 5.74) is 0. The van der Waals surface area contributed by atoms with Crippen LogP contribution in [0.25, 0.3) is 0 Å². The van der Waals surface area contributed by atoms with Gasteiger partial charge in [0, 0.05) is 68.7 Å². The summed E-state index contributed by atoms with van der Waals surface area (Å²) in [4.78, 5) is 0. The van der Waals surface area contributed by atoms with Gasteiger partial charge in [-0.2, -0.15) is 8.42 Å². The second-order valence-electron chi connectivity index (χ2n) is 0.448. The molecule has 0 aromatic heterocycles. The molecule has 0 aliphatic rings. The molecule has 0 atom stereocenters. The first-order valence-corrected chi connectivity index (χ1v) is 2.10. The fraction of sp³-hybridized carbons (Fsp3) is 0. The zero-order valence-electron chi connectivity index (χ0n) is 3.70. The van der Waals surface area contributed by atoms with Crippen molar-refractivity contribution in [2.24, 2.45) is 0 Å². The molecule has 4 radical (unpaired) electrons. The van der Waals surface area contributed by atoms with Crippen LogP contribution in [0.15, 0.2) is 0 Å². The van der Waals surface area contributed by atoms with Crippen LogP contribution in [0.3, 0.4) is 0 Å². The molecule has 0 rings (SSSR count). The van der Waals surface area contributed by atoms with E-state index in [2.05, 4.69) is 0 Å². The number of hydrogen-bond donors (Lipinski definition) is 2. The van der Waals surface area contributed by atoms with E-state index in [1.807, 2.05) is 0 Å². The summed E-state index contributed by atoms with van der Waals surface area (Å²) in [6.07, 6.45) is 0. The molecule has 0 aliphatic carbocycles. The molecule has 0 fully saturated rings. The predicted molar refractivity (Wildman–Crippen MR) is 25.7 cm³/mol. The van der Waals surface area contributed by atoms with Crippen LogP contribution in [0.5, 0.6) is 0 Å². The van der Waals surface area contributed by atoms with Gasteiger partial charge in [-0.25, -0.2) is 0 Å². The Bertz CT molecular complexity index is 94.9. The van der Waals surface area contributed by atoms with Crippen LogP contribution in [0, 0.1) is 0 Å². The predicted octanol–water partition coefficient (Wildman–Crippen LogP) is -1.41. The monoisotopic (exact) mass is 164 g/mol. The summed E-state index contributed by atoms with van der Waals surface area (Å²) in [6, 6.07) is 0. The normalized spacial score (nSPS) is 8.29. The van der Waals surface area contributed by atoms with Crippen molar-refractivity contribution in [3.8, 4) is 0 Å². The average molecular weight is 164 g/mol. The van der Waals surface area contributed by atoms with Crippen molar-refractivity contribution < 1.29 is 17.5 Å². The van der Waals surface area contributed by atoms with Gasteiger partial charge >= 0.3 is 10.4 Å². The quantitative estimate of drug-likeness (QED) is 0.340. The van der Waals surface area contributed by atoms with Crippen LogP contribution in [0.2, 0.25) is 0 Å². The second-order valence-corrected chi connectivity index (χ2v) is 1.34. The first-order valence-electron chi connectivity index (χ1n) is 0.698. The summed E-state index contributed by atoms with van der Waals surface area (Å²) in [6.45, 7) is 0. The third kappa shape index (κ3) is 70.5. The van der Waals surface area contributed by atoms with Crippen molar-refractivity contribution in [3.05, 3.63) is 0 Å². The van der Waals surface area contributed by atoms with Gasteiger partial charge in [-0.05, 0) is 0 Å². The molecule has 0 heterocycles. The molecular formula is H2AlKO4S. The van der Waals surface area contributed by atoms with Gasteiger partial charge in [0.1, 0.15) is 0 Å². The van der Waals surface area contributed by atoms with E-state index in [9.17, 15) is 0 Å². The van der Waals surface area contributed by atoms with Crippen molar-refractivity contribution in [2.75, 3.05) is 0 Å². The second kappa shape index (κ2) is 6.16. The van der Waals surface area contributed by atoms with Crippen molar-refractivity contribution in [2.45, 2.75) is 0 Å². The molecule has 36 valence electrons. The fourth-order valence-electron chi connectivity index (χ4n) is 0. The maximum absolute atomic E-state index is 8.74. The molecule has 0 aromatic rings. The molecule has 2 N–H and O–H groups in total. The van der Waals surface area contributed by atoms with Crippen LogP contribution >= 0.6 is 0 Å². The molecule has 0 saturated carbocycles. The van der Waals surface area contributed by atoms with E-state index in [1.165, 1.54) is 0 Å². The van der Waals surface area contributed by atoms with E-state index in [1.54, 1.807) is 0 Å². The minimum Gasteiger partial charge on any atom is -0.264 e. The Morgan fingerprint density at radius 1 is 1.14 bits per heavy atom. The first-order chi connectivity index (χ1) is 2.00. The smallest absolute Gasteiger partial charge is 0.264 e.